The van der Waals surface area contributed by atoms with Crippen molar-refractivity contribution in [3.05, 3.63) is 30.1 Å². The van der Waals surface area contributed by atoms with Gasteiger partial charge in [0, 0.05) is 30.8 Å². The third-order valence-electron chi connectivity index (χ3n) is 8.91. The van der Waals surface area contributed by atoms with Crippen molar-refractivity contribution in [1.29, 1.82) is 0 Å². The van der Waals surface area contributed by atoms with Crippen LogP contribution in [0.15, 0.2) is 29.2 Å². The van der Waals surface area contributed by atoms with Crippen molar-refractivity contribution >= 4 is 21.7 Å². The van der Waals surface area contributed by atoms with Crippen LogP contribution in [0.25, 0.3) is 0 Å². The maximum Gasteiger partial charge on any atom is 0.245 e. The number of benzene rings is 1. The Balaban J connectivity index is 1.29. The van der Waals surface area contributed by atoms with E-state index < -0.39 is 21.3 Å². The molecule has 2 atom stereocenters. The van der Waals surface area contributed by atoms with Gasteiger partial charge in [-0.3, -0.25) is 9.59 Å². The smallest absolute Gasteiger partial charge is 0.245 e. The molecule has 0 radical (unpaired) electrons. The van der Waals surface area contributed by atoms with E-state index in [4.69, 9.17) is 5.73 Å². The van der Waals surface area contributed by atoms with E-state index in [1.54, 1.807) is 0 Å². The molecule has 5 saturated carbocycles. The van der Waals surface area contributed by atoms with Gasteiger partial charge in [0.05, 0.1) is 0 Å². The molecule has 5 fully saturated rings. The fourth-order valence-electron chi connectivity index (χ4n) is 7.20. The SMILES string of the molecule is CN(CC1(C(=O)CC2C3CC4CC2CC(C(N)=O)(C4)C3)CC1)S(=O)(=O)c1ccccc1F. The van der Waals surface area contributed by atoms with Crippen molar-refractivity contribution in [2.75, 3.05) is 13.6 Å². The van der Waals surface area contributed by atoms with E-state index in [-0.39, 0.29) is 34.5 Å². The fourth-order valence-corrected chi connectivity index (χ4v) is 8.52. The first kappa shape index (κ1) is 22.0. The minimum absolute atomic E-state index is 0.0817. The molecule has 174 valence electrons. The van der Waals surface area contributed by atoms with E-state index in [0.717, 1.165) is 42.5 Å². The van der Waals surface area contributed by atoms with Crippen molar-refractivity contribution < 1.29 is 22.4 Å². The molecule has 2 N–H and O–H groups in total. The molecule has 0 aliphatic heterocycles. The topological polar surface area (TPSA) is 97.5 Å². The summed E-state index contributed by atoms with van der Waals surface area (Å²) in [5.74, 6) is 0.670. The zero-order valence-corrected chi connectivity index (χ0v) is 19.2. The summed E-state index contributed by atoms with van der Waals surface area (Å²) in [6.45, 7) is 0.0817. The van der Waals surface area contributed by atoms with E-state index in [2.05, 4.69) is 0 Å². The summed E-state index contributed by atoms with van der Waals surface area (Å²) in [6, 6.07) is 5.33. The first-order valence-electron chi connectivity index (χ1n) is 11.6. The molecule has 0 heterocycles. The normalized spacial score (nSPS) is 34.6. The van der Waals surface area contributed by atoms with E-state index in [1.165, 1.54) is 25.2 Å². The summed E-state index contributed by atoms with van der Waals surface area (Å²) in [7, 11) is -2.58. The van der Waals surface area contributed by atoms with Crippen molar-refractivity contribution in [3.63, 3.8) is 0 Å². The first-order chi connectivity index (χ1) is 15.1. The lowest BCUT2D eigenvalue weighted by molar-refractivity contribution is -0.152. The standard InChI is InChI=1S/C24H31FN2O4S/c1-27(32(30,31)20-5-3-2-4-19(20)25)14-23(6-7-23)21(28)10-18-16-8-15-9-17(18)13-24(11-15,12-16)22(26)29/h2-5,15-18H,6-14H2,1H3,(H2,26,29). The molecule has 0 saturated heterocycles. The number of nitrogens with two attached hydrogens (primary N) is 1. The number of ketones is 1. The van der Waals surface area contributed by atoms with Gasteiger partial charge in [-0.1, -0.05) is 12.1 Å². The summed E-state index contributed by atoms with van der Waals surface area (Å²) in [5, 5.41) is 0. The zero-order chi connectivity index (χ0) is 22.9. The number of hydrogen-bond donors (Lipinski definition) is 1. The highest BCUT2D eigenvalue weighted by atomic mass is 32.2. The van der Waals surface area contributed by atoms with Crippen LogP contribution in [0.2, 0.25) is 0 Å². The number of hydrogen-bond acceptors (Lipinski definition) is 4. The maximum absolute atomic E-state index is 14.1. The lowest BCUT2D eigenvalue weighted by Gasteiger charge is -2.59. The lowest BCUT2D eigenvalue weighted by atomic mass is 9.45. The van der Waals surface area contributed by atoms with E-state index >= 15 is 0 Å². The summed E-state index contributed by atoms with van der Waals surface area (Å²) in [5.41, 5.74) is 4.74. The van der Waals surface area contributed by atoms with E-state index in [0.29, 0.717) is 37.0 Å². The van der Waals surface area contributed by atoms with Crippen molar-refractivity contribution in [3.8, 4) is 0 Å². The van der Waals surface area contributed by atoms with Gasteiger partial charge in [0.15, 0.2) is 0 Å². The van der Waals surface area contributed by atoms with Crippen molar-refractivity contribution in [2.24, 2.45) is 40.2 Å². The molecule has 5 aliphatic rings. The van der Waals surface area contributed by atoms with Crippen LogP contribution in [0.3, 0.4) is 0 Å². The Morgan fingerprint density at radius 2 is 1.75 bits per heavy atom. The third-order valence-corrected chi connectivity index (χ3v) is 10.7. The molecule has 6 rings (SSSR count). The molecule has 1 amide bonds. The maximum atomic E-state index is 14.1. The van der Waals surface area contributed by atoms with Gasteiger partial charge in [0.25, 0.3) is 0 Å². The number of rotatable bonds is 8. The number of amides is 1. The van der Waals surface area contributed by atoms with Crippen LogP contribution < -0.4 is 5.73 Å². The molecule has 1 aromatic rings. The van der Waals surface area contributed by atoms with E-state index in [1.807, 2.05) is 0 Å². The monoisotopic (exact) mass is 462 g/mol. The third kappa shape index (κ3) is 3.41. The minimum Gasteiger partial charge on any atom is -0.369 e. The second-order valence-electron chi connectivity index (χ2n) is 10.9. The average molecular weight is 463 g/mol. The quantitative estimate of drug-likeness (QED) is 0.642. The Hall–Kier alpha value is -1.80. The zero-order valence-electron chi connectivity index (χ0n) is 18.4. The summed E-state index contributed by atoms with van der Waals surface area (Å²) in [4.78, 5) is 25.2. The highest BCUT2D eigenvalue weighted by Gasteiger charge is 2.59. The molecule has 32 heavy (non-hydrogen) atoms. The Bertz CT molecular complexity index is 1050. The van der Waals surface area contributed by atoms with Crippen LogP contribution in [-0.4, -0.2) is 38.0 Å². The van der Waals surface area contributed by atoms with Gasteiger partial charge in [0.1, 0.15) is 16.5 Å². The van der Waals surface area contributed by atoms with Crippen LogP contribution in [0.1, 0.15) is 51.4 Å². The number of Topliss-reactive ketones (excluding diaryl/α,β-unsaturated/α-hetero) is 1. The number of carbonyl (C=O) groups excluding carboxylic acids is 2. The molecule has 2 unspecified atom stereocenters. The van der Waals surface area contributed by atoms with Gasteiger partial charge in [-0.15, -0.1) is 0 Å². The molecule has 0 spiro atoms. The summed E-state index contributed by atoms with van der Waals surface area (Å²) >= 11 is 0. The summed E-state index contributed by atoms with van der Waals surface area (Å²) in [6.07, 6.45) is 6.40. The predicted octanol–water partition coefficient (Wildman–Crippen LogP) is 3.11. The molecule has 6 nitrogen and oxygen atoms in total. The molecule has 1 aromatic carbocycles. The molecule has 5 aliphatic carbocycles. The molecule has 0 aromatic heterocycles. The Morgan fingerprint density at radius 3 is 2.31 bits per heavy atom. The first-order valence-corrected chi connectivity index (χ1v) is 13.0. The number of halogens is 1. The van der Waals surface area contributed by atoms with Gasteiger partial charge < -0.3 is 5.73 Å². The lowest BCUT2D eigenvalue weighted by Crippen LogP contribution is -2.56. The second kappa shape index (κ2) is 7.35. The predicted molar refractivity (Wildman–Crippen MR) is 116 cm³/mol. The Kier molecular flexibility index (Phi) is 5.06. The van der Waals surface area contributed by atoms with Crippen LogP contribution in [0.5, 0.6) is 0 Å². The highest BCUT2D eigenvalue weighted by Crippen LogP contribution is 2.63. The Morgan fingerprint density at radius 1 is 1.12 bits per heavy atom. The van der Waals surface area contributed by atoms with E-state index in [9.17, 15) is 22.4 Å². The Labute approximate surface area is 188 Å². The average Bonchev–Trinajstić information content (AvgIpc) is 3.51. The molecular weight excluding hydrogens is 431 g/mol. The van der Waals surface area contributed by atoms with Crippen LogP contribution in [0, 0.1) is 40.3 Å². The molecular formula is C24H31FN2O4S. The number of sulfonamides is 1. The van der Waals surface area contributed by atoms with Gasteiger partial charge in [-0.2, -0.15) is 4.31 Å². The van der Waals surface area contributed by atoms with Gasteiger partial charge in [0.2, 0.25) is 15.9 Å². The fraction of sp³-hybridized carbons (Fsp3) is 0.667. The van der Waals surface area contributed by atoms with Crippen LogP contribution >= 0.6 is 0 Å². The largest absolute Gasteiger partial charge is 0.369 e. The summed E-state index contributed by atoms with van der Waals surface area (Å²) < 4.78 is 41.0. The van der Waals surface area contributed by atoms with Gasteiger partial charge in [-0.25, -0.2) is 12.8 Å². The number of carbonyl (C=O) groups is 2. The molecule has 4 bridgehead atoms. The molecule has 8 heteroatoms. The van der Waals surface area contributed by atoms with Crippen LogP contribution in [-0.2, 0) is 19.6 Å². The number of nitrogens with zero attached hydrogens (tertiary/aromatic N) is 1. The van der Waals surface area contributed by atoms with Gasteiger partial charge >= 0.3 is 0 Å². The second-order valence-corrected chi connectivity index (χ2v) is 12.9. The number of primary amides is 1. The van der Waals surface area contributed by atoms with Crippen molar-refractivity contribution in [2.45, 2.75) is 56.3 Å². The van der Waals surface area contributed by atoms with Crippen LogP contribution in [0.4, 0.5) is 4.39 Å². The highest BCUT2D eigenvalue weighted by molar-refractivity contribution is 7.89. The minimum atomic E-state index is -4.01. The van der Waals surface area contributed by atoms with Gasteiger partial charge in [-0.05, 0) is 80.8 Å². The van der Waals surface area contributed by atoms with Crippen molar-refractivity contribution in [1.82, 2.24) is 4.31 Å².